The number of thioether (sulfide) groups is 1. The maximum Gasteiger partial charge on any atom is 0.251 e. The lowest BCUT2D eigenvalue weighted by Crippen LogP contribution is -2.18. The van der Waals surface area contributed by atoms with E-state index in [-0.39, 0.29) is 17.9 Å². The molecule has 2 aromatic carbocycles. The Kier molecular flexibility index (Phi) is 7.37. The number of ether oxygens (including phenoxy) is 2. The highest BCUT2D eigenvalue weighted by molar-refractivity contribution is 7.98. The average Bonchev–Trinajstić information content (AvgIpc) is 2.71. The lowest BCUT2D eigenvalue weighted by molar-refractivity contribution is -0.115. The molecule has 1 aromatic heterocycles. The average molecular weight is 446 g/mol. The molecule has 0 fully saturated rings. The molecule has 0 saturated carbocycles. The van der Waals surface area contributed by atoms with Crippen molar-refractivity contribution < 1.29 is 14.3 Å². The number of H-pyrrole nitrogens is 1. The summed E-state index contributed by atoms with van der Waals surface area (Å²) < 4.78 is 10.4. The minimum Gasteiger partial charge on any atom is -0.493 e. The standard InChI is InChI=1S/C21H20ClN3O4S/c1-28-17-7-6-15(9-18(17)29-2)23-19(26)10-16-11-20(27)25-21(24-16)30-12-13-4-3-5-14(22)8-13/h3-9,11H,10,12H2,1-2H3,(H,23,26)(H,24,25,27). The molecule has 0 aliphatic rings. The van der Waals surface area contributed by atoms with Gasteiger partial charge in [-0.1, -0.05) is 35.5 Å². The fourth-order valence-electron chi connectivity index (χ4n) is 2.70. The minimum atomic E-state index is -0.312. The highest BCUT2D eigenvalue weighted by Crippen LogP contribution is 2.29. The second-order valence-corrected chi connectivity index (χ2v) is 7.66. The van der Waals surface area contributed by atoms with Crippen molar-refractivity contribution in [2.75, 3.05) is 19.5 Å². The summed E-state index contributed by atoms with van der Waals surface area (Å²) in [7, 11) is 3.06. The Morgan fingerprint density at radius 1 is 1.13 bits per heavy atom. The van der Waals surface area contributed by atoms with Crippen molar-refractivity contribution in [2.24, 2.45) is 0 Å². The van der Waals surface area contributed by atoms with Gasteiger partial charge in [0.05, 0.1) is 26.3 Å². The van der Waals surface area contributed by atoms with Crippen LogP contribution in [0.25, 0.3) is 0 Å². The van der Waals surface area contributed by atoms with Crippen LogP contribution in [0.5, 0.6) is 11.5 Å². The highest BCUT2D eigenvalue weighted by atomic mass is 35.5. The summed E-state index contributed by atoms with van der Waals surface area (Å²) >= 11 is 7.36. The number of aromatic nitrogens is 2. The van der Waals surface area contributed by atoms with Gasteiger partial charge in [0.1, 0.15) is 0 Å². The quantitative estimate of drug-likeness (QED) is 0.403. The zero-order chi connectivity index (χ0) is 21.5. The smallest absolute Gasteiger partial charge is 0.251 e. The number of nitrogens with zero attached hydrogens (tertiary/aromatic N) is 1. The number of hydrogen-bond acceptors (Lipinski definition) is 6. The fourth-order valence-corrected chi connectivity index (χ4v) is 3.75. The van der Waals surface area contributed by atoms with Gasteiger partial charge in [-0.15, -0.1) is 0 Å². The van der Waals surface area contributed by atoms with Crippen LogP contribution in [0, 0.1) is 0 Å². The van der Waals surface area contributed by atoms with Crippen molar-refractivity contribution in [1.29, 1.82) is 0 Å². The summed E-state index contributed by atoms with van der Waals surface area (Å²) in [5.41, 5.74) is 1.63. The molecule has 0 aliphatic carbocycles. The third-order valence-corrected chi connectivity index (χ3v) is 5.23. The predicted octanol–water partition coefficient (Wildman–Crippen LogP) is 3.91. The van der Waals surface area contributed by atoms with Crippen LogP contribution in [-0.2, 0) is 17.0 Å². The Hall–Kier alpha value is -2.97. The van der Waals surface area contributed by atoms with Crippen molar-refractivity contribution in [2.45, 2.75) is 17.3 Å². The van der Waals surface area contributed by atoms with Crippen LogP contribution in [0.3, 0.4) is 0 Å². The SMILES string of the molecule is COc1ccc(NC(=O)Cc2cc(=O)[nH]c(SCc3cccc(Cl)c3)n2)cc1OC. The molecule has 0 unspecified atom stereocenters. The van der Waals surface area contributed by atoms with E-state index in [1.165, 1.54) is 32.0 Å². The van der Waals surface area contributed by atoms with Crippen molar-refractivity contribution in [3.05, 3.63) is 75.2 Å². The Bertz CT molecular complexity index is 1100. The summed E-state index contributed by atoms with van der Waals surface area (Å²) in [6.45, 7) is 0. The van der Waals surface area contributed by atoms with E-state index in [1.807, 2.05) is 18.2 Å². The van der Waals surface area contributed by atoms with E-state index in [2.05, 4.69) is 15.3 Å². The fraction of sp³-hybridized carbons (Fsp3) is 0.190. The van der Waals surface area contributed by atoms with Crippen molar-refractivity contribution in [3.63, 3.8) is 0 Å². The van der Waals surface area contributed by atoms with Crippen LogP contribution >= 0.6 is 23.4 Å². The van der Waals surface area contributed by atoms with E-state index in [0.29, 0.717) is 38.8 Å². The first-order valence-corrected chi connectivity index (χ1v) is 10.3. The number of anilines is 1. The molecule has 0 bridgehead atoms. The number of methoxy groups -OCH3 is 2. The number of aromatic amines is 1. The largest absolute Gasteiger partial charge is 0.493 e. The van der Waals surface area contributed by atoms with Crippen molar-refractivity contribution in [3.8, 4) is 11.5 Å². The van der Waals surface area contributed by atoms with E-state index in [4.69, 9.17) is 21.1 Å². The molecular formula is C21H20ClN3O4S. The molecule has 1 heterocycles. The number of carbonyl (C=O) groups excluding carboxylic acids is 1. The number of nitrogens with one attached hydrogen (secondary N) is 2. The summed E-state index contributed by atoms with van der Waals surface area (Å²) in [6.07, 6.45) is -0.0387. The molecule has 7 nitrogen and oxygen atoms in total. The van der Waals surface area contributed by atoms with Crippen LogP contribution in [0.4, 0.5) is 5.69 Å². The lowest BCUT2D eigenvalue weighted by atomic mass is 10.2. The number of rotatable bonds is 8. The van der Waals surface area contributed by atoms with E-state index >= 15 is 0 Å². The van der Waals surface area contributed by atoms with Crippen LogP contribution in [-0.4, -0.2) is 30.1 Å². The van der Waals surface area contributed by atoms with Gasteiger partial charge in [0.25, 0.3) is 5.56 Å². The van der Waals surface area contributed by atoms with Gasteiger partial charge in [-0.2, -0.15) is 0 Å². The van der Waals surface area contributed by atoms with Gasteiger partial charge >= 0.3 is 0 Å². The van der Waals surface area contributed by atoms with Gasteiger partial charge < -0.3 is 19.8 Å². The molecule has 0 atom stereocenters. The third kappa shape index (κ3) is 6.01. The Balaban J connectivity index is 1.66. The number of hydrogen-bond donors (Lipinski definition) is 2. The number of benzene rings is 2. The van der Waals surface area contributed by atoms with Crippen LogP contribution in [0.1, 0.15) is 11.3 Å². The second kappa shape index (κ2) is 10.2. The van der Waals surface area contributed by atoms with Gasteiger partial charge in [0.15, 0.2) is 16.7 Å². The molecule has 9 heteroatoms. The van der Waals surface area contributed by atoms with Crippen LogP contribution in [0.2, 0.25) is 5.02 Å². The van der Waals surface area contributed by atoms with E-state index in [1.54, 1.807) is 24.3 Å². The van der Waals surface area contributed by atoms with Crippen molar-refractivity contribution >= 4 is 35.0 Å². The molecule has 3 aromatic rings. The van der Waals surface area contributed by atoms with Gasteiger partial charge in [0.2, 0.25) is 5.91 Å². The lowest BCUT2D eigenvalue weighted by Gasteiger charge is -2.10. The molecule has 0 saturated heterocycles. The van der Waals surface area contributed by atoms with E-state index in [9.17, 15) is 9.59 Å². The topological polar surface area (TPSA) is 93.3 Å². The minimum absolute atomic E-state index is 0.0387. The first-order valence-electron chi connectivity index (χ1n) is 8.96. The molecule has 0 spiro atoms. The number of amides is 1. The zero-order valence-corrected chi connectivity index (χ0v) is 18.0. The molecule has 1 amide bonds. The van der Waals surface area contributed by atoms with E-state index < -0.39 is 0 Å². The van der Waals surface area contributed by atoms with Crippen LogP contribution in [0.15, 0.2) is 58.5 Å². The van der Waals surface area contributed by atoms with Gasteiger partial charge in [-0.05, 0) is 29.8 Å². The second-order valence-electron chi connectivity index (χ2n) is 6.26. The summed E-state index contributed by atoms with van der Waals surface area (Å²) in [5.74, 6) is 1.36. The molecule has 30 heavy (non-hydrogen) atoms. The summed E-state index contributed by atoms with van der Waals surface area (Å²) in [6, 6.07) is 13.8. The number of halogens is 1. The summed E-state index contributed by atoms with van der Waals surface area (Å²) in [4.78, 5) is 31.5. The third-order valence-electron chi connectivity index (χ3n) is 4.05. The first-order chi connectivity index (χ1) is 14.5. The highest BCUT2D eigenvalue weighted by Gasteiger charge is 2.11. The molecular weight excluding hydrogens is 426 g/mol. The maximum atomic E-state index is 12.4. The Labute approximate surface area is 182 Å². The molecule has 2 N–H and O–H groups in total. The van der Waals surface area contributed by atoms with Crippen molar-refractivity contribution in [1.82, 2.24) is 9.97 Å². The van der Waals surface area contributed by atoms with Gasteiger partial charge in [-0.3, -0.25) is 9.59 Å². The normalized spacial score (nSPS) is 10.5. The predicted molar refractivity (Wildman–Crippen MR) is 118 cm³/mol. The Morgan fingerprint density at radius 3 is 2.67 bits per heavy atom. The summed E-state index contributed by atoms with van der Waals surface area (Å²) in [5, 5.41) is 3.86. The monoisotopic (exact) mass is 445 g/mol. The molecule has 156 valence electrons. The van der Waals surface area contributed by atoms with E-state index in [0.717, 1.165) is 5.56 Å². The first kappa shape index (κ1) is 21.7. The van der Waals surface area contributed by atoms with Crippen LogP contribution < -0.4 is 20.3 Å². The van der Waals surface area contributed by atoms with Gasteiger partial charge in [-0.25, -0.2) is 4.98 Å². The van der Waals surface area contributed by atoms with Gasteiger partial charge in [0, 0.05) is 28.6 Å². The maximum absolute atomic E-state index is 12.4. The zero-order valence-electron chi connectivity index (χ0n) is 16.4. The molecule has 0 aliphatic heterocycles. The Morgan fingerprint density at radius 2 is 1.93 bits per heavy atom. The number of carbonyl (C=O) groups is 1. The molecule has 3 rings (SSSR count). The molecule has 0 radical (unpaired) electrons.